The van der Waals surface area contributed by atoms with E-state index < -0.39 is 22.2 Å². The lowest BCUT2D eigenvalue weighted by molar-refractivity contribution is -0.119. The minimum Gasteiger partial charge on any atom is -0.368 e. The Morgan fingerprint density at radius 2 is 2.00 bits per heavy atom. The first-order valence-electron chi connectivity index (χ1n) is 2.42. The molecule has 5 N–H and O–H groups in total. The molecule has 0 heterocycles. The zero-order chi connectivity index (χ0) is 8.36. The Morgan fingerprint density at radius 1 is 1.60 bits per heavy atom. The SMILES string of the molecule is CC(NS(N)(=O)=O)C(N)=O. The van der Waals surface area contributed by atoms with Gasteiger partial charge < -0.3 is 5.73 Å². The van der Waals surface area contributed by atoms with E-state index in [4.69, 9.17) is 5.73 Å². The minimum absolute atomic E-state index is 0.769. The van der Waals surface area contributed by atoms with Crippen LogP contribution in [0.3, 0.4) is 0 Å². The fourth-order valence-electron chi connectivity index (χ4n) is 0.304. The van der Waals surface area contributed by atoms with Crippen LogP contribution >= 0.6 is 0 Å². The topological polar surface area (TPSA) is 115 Å². The van der Waals surface area contributed by atoms with Crippen LogP contribution in [0.4, 0.5) is 0 Å². The molecule has 0 fully saturated rings. The third-order valence-electron chi connectivity index (χ3n) is 0.768. The standard InChI is InChI=1S/C3H9N3O3S/c1-2(3(4)7)6-10(5,8)9/h2,6H,1H3,(H2,4,7)(H2,5,8,9). The van der Waals surface area contributed by atoms with Crippen LogP contribution < -0.4 is 15.6 Å². The lowest BCUT2D eigenvalue weighted by Gasteiger charge is -2.05. The highest BCUT2D eigenvalue weighted by atomic mass is 32.2. The molecule has 1 atom stereocenters. The second-order valence-corrected chi connectivity index (χ2v) is 3.11. The summed E-state index contributed by atoms with van der Waals surface area (Å²) in [5.41, 5.74) is 4.72. The van der Waals surface area contributed by atoms with Gasteiger partial charge in [-0.15, -0.1) is 0 Å². The summed E-state index contributed by atoms with van der Waals surface area (Å²) in [6.45, 7) is 1.30. The lowest BCUT2D eigenvalue weighted by Crippen LogP contribution is -2.44. The van der Waals surface area contributed by atoms with E-state index in [0.29, 0.717) is 0 Å². The molecule has 0 saturated carbocycles. The third kappa shape index (κ3) is 4.24. The van der Waals surface area contributed by atoms with Crippen molar-refractivity contribution in [1.29, 1.82) is 0 Å². The van der Waals surface area contributed by atoms with Crippen LogP contribution in [-0.2, 0) is 15.0 Å². The molecular formula is C3H9N3O3S. The Hall–Kier alpha value is -0.660. The Labute approximate surface area is 58.8 Å². The van der Waals surface area contributed by atoms with Gasteiger partial charge in [-0.05, 0) is 6.92 Å². The predicted molar refractivity (Wildman–Crippen MR) is 34.9 cm³/mol. The maximum atomic E-state index is 10.2. The molecule has 10 heavy (non-hydrogen) atoms. The Morgan fingerprint density at radius 3 is 2.10 bits per heavy atom. The van der Waals surface area contributed by atoms with Crippen LogP contribution in [0.1, 0.15) is 6.92 Å². The lowest BCUT2D eigenvalue weighted by atomic mass is 10.4. The molecular weight excluding hydrogens is 158 g/mol. The molecule has 0 rings (SSSR count). The zero-order valence-corrected chi connectivity index (χ0v) is 6.18. The van der Waals surface area contributed by atoms with Gasteiger partial charge in [0.1, 0.15) is 0 Å². The first kappa shape index (κ1) is 9.34. The number of carbonyl (C=O) groups is 1. The van der Waals surface area contributed by atoms with Gasteiger partial charge in [0.05, 0.1) is 6.04 Å². The fraction of sp³-hybridized carbons (Fsp3) is 0.667. The van der Waals surface area contributed by atoms with Gasteiger partial charge in [0.2, 0.25) is 5.91 Å². The molecule has 1 unspecified atom stereocenters. The van der Waals surface area contributed by atoms with Crippen molar-refractivity contribution in [3.05, 3.63) is 0 Å². The zero-order valence-electron chi connectivity index (χ0n) is 5.37. The first-order valence-corrected chi connectivity index (χ1v) is 3.97. The number of hydrogen-bond donors (Lipinski definition) is 3. The monoisotopic (exact) mass is 167 g/mol. The highest BCUT2D eigenvalue weighted by Gasteiger charge is 2.12. The molecule has 0 aliphatic carbocycles. The van der Waals surface area contributed by atoms with Crippen molar-refractivity contribution >= 4 is 16.1 Å². The summed E-state index contributed by atoms with van der Waals surface area (Å²) in [4.78, 5) is 10.2. The average molecular weight is 167 g/mol. The number of hydrogen-bond acceptors (Lipinski definition) is 3. The van der Waals surface area contributed by atoms with Gasteiger partial charge in [-0.2, -0.15) is 13.1 Å². The molecule has 0 aliphatic rings. The van der Waals surface area contributed by atoms with Crippen LogP contribution in [0.5, 0.6) is 0 Å². The second kappa shape index (κ2) is 2.95. The van der Waals surface area contributed by atoms with Gasteiger partial charge in [0, 0.05) is 0 Å². The van der Waals surface area contributed by atoms with E-state index in [1.165, 1.54) is 6.92 Å². The van der Waals surface area contributed by atoms with Crippen molar-refractivity contribution < 1.29 is 13.2 Å². The molecule has 0 aromatic carbocycles. The van der Waals surface area contributed by atoms with E-state index in [1.807, 2.05) is 0 Å². The maximum absolute atomic E-state index is 10.2. The van der Waals surface area contributed by atoms with E-state index in [-0.39, 0.29) is 0 Å². The minimum atomic E-state index is -3.82. The van der Waals surface area contributed by atoms with E-state index in [2.05, 4.69) is 5.14 Å². The molecule has 0 aromatic rings. The summed E-state index contributed by atoms with van der Waals surface area (Å²) < 4.78 is 22.2. The fourth-order valence-corrected chi connectivity index (χ4v) is 0.913. The third-order valence-corrected chi connectivity index (χ3v) is 1.45. The molecule has 0 aliphatic heterocycles. The summed E-state index contributed by atoms with van der Waals surface area (Å²) >= 11 is 0. The number of primary amides is 1. The van der Waals surface area contributed by atoms with E-state index >= 15 is 0 Å². The van der Waals surface area contributed by atoms with Crippen molar-refractivity contribution in [3.63, 3.8) is 0 Å². The Bertz CT molecular complexity index is 221. The van der Waals surface area contributed by atoms with Gasteiger partial charge in [-0.25, -0.2) is 5.14 Å². The molecule has 7 heteroatoms. The molecule has 0 spiro atoms. The highest BCUT2D eigenvalue weighted by Crippen LogP contribution is 1.79. The summed E-state index contributed by atoms with van der Waals surface area (Å²) in [5, 5.41) is 4.53. The number of nitrogens with one attached hydrogen (secondary N) is 1. The first-order chi connectivity index (χ1) is 4.33. The van der Waals surface area contributed by atoms with Gasteiger partial charge >= 0.3 is 0 Å². The van der Waals surface area contributed by atoms with E-state index in [1.54, 1.807) is 4.72 Å². The second-order valence-electron chi connectivity index (χ2n) is 1.79. The molecule has 0 saturated heterocycles. The summed E-state index contributed by atoms with van der Waals surface area (Å²) in [5.74, 6) is -0.769. The van der Waals surface area contributed by atoms with Crippen LogP contribution in [-0.4, -0.2) is 20.4 Å². The Balaban J connectivity index is 4.06. The summed E-state index contributed by atoms with van der Waals surface area (Å²) in [7, 11) is -3.82. The van der Waals surface area contributed by atoms with Crippen molar-refractivity contribution in [3.8, 4) is 0 Å². The van der Waals surface area contributed by atoms with Crippen LogP contribution in [0.15, 0.2) is 0 Å². The van der Waals surface area contributed by atoms with Crippen molar-refractivity contribution in [2.75, 3.05) is 0 Å². The number of amides is 1. The van der Waals surface area contributed by atoms with Crippen LogP contribution in [0, 0.1) is 0 Å². The van der Waals surface area contributed by atoms with Gasteiger partial charge in [-0.3, -0.25) is 4.79 Å². The molecule has 6 nitrogen and oxygen atoms in total. The number of nitrogens with two attached hydrogens (primary N) is 2. The van der Waals surface area contributed by atoms with E-state index in [0.717, 1.165) is 0 Å². The summed E-state index contributed by atoms with van der Waals surface area (Å²) in [6.07, 6.45) is 0. The molecule has 0 bridgehead atoms. The highest BCUT2D eigenvalue weighted by molar-refractivity contribution is 7.87. The van der Waals surface area contributed by atoms with Crippen LogP contribution in [0.2, 0.25) is 0 Å². The van der Waals surface area contributed by atoms with Gasteiger partial charge in [0.25, 0.3) is 10.2 Å². The van der Waals surface area contributed by atoms with Gasteiger partial charge in [0.15, 0.2) is 0 Å². The summed E-state index contributed by atoms with van der Waals surface area (Å²) in [6, 6.07) is -0.963. The number of carbonyl (C=O) groups excluding carboxylic acids is 1. The molecule has 1 amide bonds. The van der Waals surface area contributed by atoms with Crippen LogP contribution in [0.25, 0.3) is 0 Å². The van der Waals surface area contributed by atoms with Gasteiger partial charge in [-0.1, -0.05) is 0 Å². The quantitative estimate of drug-likeness (QED) is 0.437. The Kier molecular flexibility index (Phi) is 2.76. The van der Waals surface area contributed by atoms with E-state index in [9.17, 15) is 13.2 Å². The normalized spacial score (nSPS) is 14.6. The van der Waals surface area contributed by atoms with Crippen molar-refractivity contribution in [2.24, 2.45) is 10.9 Å². The van der Waals surface area contributed by atoms with Crippen molar-refractivity contribution in [2.45, 2.75) is 13.0 Å². The molecule has 0 radical (unpaired) electrons. The molecule has 60 valence electrons. The largest absolute Gasteiger partial charge is 0.368 e. The maximum Gasteiger partial charge on any atom is 0.275 e. The average Bonchev–Trinajstić information content (AvgIpc) is 1.60. The van der Waals surface area contributed by atoms with Crippen molar-refractivity contribution in [1.82, 2.24) is 4.72 Å². The smallest absolute Gasteiger partial charge is 0.275 e. The molecule has 0 aromatic heterocycles. The number of rotatable bonds is 3. The predicted octanol–water partition coefficient (Wildman–Crippen LogP) is -2.35.